The topological polar surface area (TPSA) is 141 Å². The molecule has 0 unspecified atom stereocenters. The number of nitrogens with two attached hydrogens (primary N) is 2. The van der Waals surface area contributed by atoms with Crippen molar-refractivity contribution in [2.24, 2.45) is 5.73 Å². The fourth-order valence-electron chi connectivity index (χ4n) is 3.27. The first kappa shape index (κ1) is 18.3. The third-order valence-electron chi connectivity index (χ3n) is 4.80. The number of nitrogen functional groups attached to an aromatic ring is 1. The van der Waals surface area contributed by atoms with Gasteiger partial charge in [-0.3, -0.25) is 14.7 Å². The summed E-state index contributed by atoms with van der Waals surface area (Å²) >= 11 is 0. The molecule has 0 atom stereocenters. The molecule has 0 saturated carbocycles. The van der Waals surface area contributed by atoms with Crippen molar-refractivity contribution in [3.63, 3.8) is 0 Å². The maximum absolute atomic E-state index is 12.0. The highest BCUT2D eigenvalue weighted by Crippen LogP contribution is 2.35. The van der Waals surface area contributed by atoms with Gasteiger partial charge in [0, 0.05) is 22.1 Å². The summed E-state index contributed by atoms with van der Waals surface area (Å²) in [5.74, 6) is -0.502. The molecule has 4 rings (SSSR count). The summed E-state index contributed by atoms with van der Waals surface area (Å²) in [4.78, 5) is 32.5. The van der Waals surface area contributed by atoms with Crippen LogP contribution < -0.4 is 11.5 Å². The van der Waals surface area contributed by atoms with Gasteiger partial charge in [-0.15, -0.1) is 0 Å². The summed E-state index contributed by atoms with van der Waals surface area (Å²) in [5.41, 5.74) is 15.9. The van der Waals surface area contributed by atoms with Gasteiger partial charge in [-0.25, -0.2) is 9.97 Å². The lowest BCUT2D eigenvalue weighted by Crippen LogP contribution is -2.18. The molecule has 8 heteroatoms. The zero-order valence-electron chi connectivity index (χ0n) is 15.9. The number of rotatable bonds is 4. The molecule has 0 fully saturated rings. The van der Waals surface area contributed by atoms with Gasteiger partial charge in [-0.2, -0.15) is 5.10 Å². The average molecular weight is 386 g/mol. The van der Waals surface area contributed by atoms with Crippen molar-refractivity contribution >= 4 is 28.3 Å². The fraction of sp³-hybridized carbons (Fsp3) is 0.0952. The Morgan fingerprint density at radius 3 is 2.41 bits per heavy atom. The number of hydrogen-bond acceptors (Lipinski definition) is 6. The molecule has 8 nitrogen and oxygen atoms in total. The van der Waals surface area contributed by atoms with Crippen LogP contribution in [0.1, 0.15) is 33.3 Å². The number of fused-ring (bicyclic) bond motifs is 1. The number of carbonyl (C=O) groups is 2. The molecule has 4 aromatic rings. The van der Waals surface area contributed by atoms with Gasteiger partial charge in [0.05, 0.1) is 23.1 Å². The molecular formula is C21H18N6O2. The van der Waals surface area contributed by atoms with Crippen molar-refractivity contribution in [3.8, 4) is 22.6 Å². The van der Waals surface area contributed by atoms with E-state index in [4.69, 9.17) is 11.5 Å². The Morgan fingerprint density at radius 2 is 1.76 bits per heavy atom. The number of carbonyl (C=O) groups excluding carboxylic acids is 2. The smallest absolute Gasteiger partial charge is 0.269 e. The van der Waals surface area contributed by atoms with Gasteiger partial charge < -0.3 is 11.5 Å². The highest BCUT2D eigenvalue weighted by atomic mass is 16.1. The molecule has 0 aliphatic carbocycles. The summed E-state index contributed by atoms with van der Waals surface area (Å²) < 4.78 is 0. The van der Waals surface area contributed by atoms with E-state index in [-0.39, 0.29) is 23.0 Å². The highest BCUT2D eigenvalue weighted by molar-refractivity contribution is 6.04. The molecule has 0 saturated heterocycles. The SMILES string of the molecule is CC(=O)c1ccc(-c2nc(C(N)=O)c(N)c(-c3c(C)ccc4[nH]ncc34)n2)cc1. The minimum atomic E-state index is -0.746. The second-order valence-electron chi connectivity index (χ2n) is 6.74. The molecule has 1 amide bonds. The van der Waals surface area contributed by atoms with Gasteiger partial charge in [0.15, 0.2) is 17.3 Å². The molecule has 0 aliphatic rings. The minimum absolute atomic E-state index is 0.0458. The number of nitrogens with one attached hydrogen (secondary N) is 1. The first-order chi connectivity index (χ1) is 13.9. The van der Waals surface area contributed by atoms with Crippen molar-refractivity contribution in [3.05, 3.63) is 59.4 Å². The molecule has 0 radical (unpaired) electrons. The second kappa shape index (κ2) is 6.83. The van der Waals surface area contributed by atoms with Crippen LogP contribution in [0.4, 0.5) is 5.69 Å². The third kappa shape index (κ3) is 3.10. The van der Waals surface area contributed by atoms with Gasteiger partial charge >= 0.3 is 0 Å². The van der Waals surface area contributed by atoms with E-state index in [0.717, 1.165) is 22.0 Å². The monoisotopic (exact) mass is 386 g/mol. The van der Waals surface area contributed by atoms with E-state index in [1.54, 1.807) is 30.5 Å². The van der Waals surface area contributed by atoms with Crippen molar-refractivity contribution in [2.45, 2.75) is 13.8 Å². The Morgan fingerprint density at radius 1 is 1.03 bits per heavy atom. The molecule has 2 aromatic carbocycles. The van der Waals surface area contributed by atoms with Gasteiger partial charge in [0.2, 0.25) is 0 Å². The van der Waals surface area contributed by atoms with Crippen LogP contribution >= 0.6 is 0 Å². The number of ketones is 1. The number of primary amides is 1. The van der Waals surface area contributed by atoms with Crippen LogP contribution in [0.3, 0.4) is 0 Å². The Labute approximate surface area is 166 Å². The van der Waals surface area contributed by atoms with Gasteiger partial charge in [-0.1, -0.05) is 30.3 Å². The molecule has 2 aromatic heterocycles. The molecule has 0 aliphatic heterocycles. The summed E-state index contributed by atoms with van der Waals surface area (Å²) in [7, 11) is 0. The number of hydrogen-bond donors (Lipinski definition) is 3. The Kier molecular flexibility index (Phi) is 4.31. The number of nitrogens with zero attached hydrogens (tertiary/aromatic N) is 3. The number of Topliss-reactive ketones (excluding diaryl/α,β-unsaturated/α-hetero) is 1. The first-order valence-electron chi connectivity index (χ1n) is 8.88. The lowest BCUT2D eigenvalue weighted by molar-refractivity contribution is 0.0993. The van der Waals surface area contributed by atoms with Crippen LogP contribution in [0, 0.1) is 6.92 Å². The fourth-order valence-corrected chi connectivity index (χ4v) is 3.27. The predicted molar refractivity (Wildman–Crippen MR) is 110 cm³/mol. The predicted octanol–water partition coefficient (Wildman–Crippen LogP) is 2.88. The lowest BCUT2D eigenvalue weighted by Gasteiger charge is -2.14. The van der Waals surface area contributed by atoms with Crippen LogP contribution in [0.15, 0.2) is 42.6 Å². The maximum Gasteiger partial charge on any atom is 0.269 e. The van der Waals surface area contributed by atoms with Gasteiger partial charge in [0.25, 0.3) is 5.91 Å². The molecule has 144 valence electrons. The summed E-state index contributed by atoms with van der Waals surface area (Å²) in [6.07, 6.45) is 1.69. The Hall–Kier alpha value is -4.07. The maximum atomic E-state index is 12.0. The normalized spacial score (nSPS) is 11.0. The quantitative estimate of drug-likeness (QED) is 0.461. The Bertz CT molecular complexity index is 1270. The van der Waals surface area contributed by atoms with Gasteiger partial charge in [-0.05, 0) is 25.5 Å². The van der Waals surface area contributed by atoms with E-state index in [1.165, 1.54) is 6.92 Å². The second-order valence-corrected chi connectivity index (χ2v) is 6.74. The molecule has 2 heterocycles. The highest BCUT2D eigenvalue weighted by Gasteiger charge is 2.21. The minimum Gasteiger partial charge on any atom is -0.395 e. The number of H-pyrrole nitrogens is 1. The molecular weight excluding hydrogens is 368 g/mol. The number of anilines is 1. The number of amides is 1. The number of aromatic nitrogens is 4. The number of aryl methyl sites for hydroxylation is 1. The van der Waals surface area contributed by atoms with Crippen molar-refractivity contribution in [1.82, 2.24) is 20.2 Å². The van der Waals surface area contributed by atoms with Crippen LogP contribution in [-0.4, -0.2) is 31.9 Å². The van der Waals surface area contributed by atoms with Gasteiger partial charge in [0.1, 0.15) is 0 Å². The number of aromatic amines is 1. The van der Waals surface area contributed by atoms with Crippen LogP contribution in [0.5, 0.6) is 0 Å². The van der Waals surface area contributed by atoms with E-state index in [0.29, 0.717) is 16.8 Å². The molecule has 29 heavy (non-hydrogen) atoms. The summed E-state index contributed by atoms with van der Waals surface area (Å²) in [6, 6.07) is 10.6. The van der Waals surface area contributed by atoms with E-state index in [9.17, 15) is 9.59 Å². The first-order valence-corrected chi connectivity index (χ1v) is 8.88. The number of benzene rings is 2. The summed E-state index contributed by atoms with van der Waals surface area (Å²) in [5, 5.41) is 7.83. The van der Waals surface area contributed by atoms with Crippen molar-refractivity contribution in [1.29, 1.82) is 0 Å². The van der Waals surface area contributed by atoms with E-state index < -0.39 is 5.91 Å². The standard InChI is InChI=1S/C21H18N6O2/c1-10-3-8-15-14(9-24-27-15)16(10)18-17(22)19(20(23)29)26-21(25-18)13-6-4-12(5-7-13)11(2)28/h3-9H,22H2,1-2H3,(H2,23,29)(H,24,27). The third-order valence-corrected chi connectivity index (χ3v) is 4.80. The zero-order valence-corrected chi connectivity index (χ0v) is 15.9. The molecule has 5 N–H and O–H groups in total. The Balaban J connectivity index is 1.99. The molecule has 0 spiro atoms. The van der Waals surface area contributed by atoms with Crippen LogP contribution in [0.2, 0.25) is 0 Å². The average Bonchev–Trinajstić information content (AvgIpc) is 3.17. The summed E-state index contributed by atoms with van der Waals surface area (Å²) in [6.45, 7) is 3.42. The van der Waals surface area contributed by atoms with Crippen LogP contribution in [-0.2, 0) is 0 Å². The van der Waals surface area contributed by atoms with Crippen LogP contribution in [0.25, 0.3) is 33.5 Å². The van der Waals surface area contributed by atoms with Crippen molar-refractivity contribution < 1.29 is 9.59 Å². The largest absolute Gasteiger partial charge is 0.395 e. The lowest BCUT2D eigenvalue weighted by atomic mass is 9.99. The van der Waals surface area contributed by atoms with E-state index in [1.807, 2.05) is 19.1 Å². The molecule has 0 bridgehead atoms. The zero-order chi connectivity index (χ0) is 20.7. The van der Waals surface area contributed by atoms with E-state index >= 15 is 0 Å². The van der Waals surface area contributed by atoms with Crippen molar-refractivity contribution in [2.75, 3.05) is 5.73 Å². The van der Waals surface area contributed by atoms with E-state index in [2.05, 4.69) is 20.2 Å².